The molecule has 0 radical (unpaired) electrons. The van der Waals surface area contributed by atoms with Gasteiger partial charge in [0.15, 0.2) is 0 Å². The molecule has 0 saturated carbocycles. The number of carbonyl (C=O) groups excluding carboxylic acids is 2. The topological polar surface area (TPSA) is 98.7 Å². The summed E-state index contributed by atoms with van der Waals surface area (Å²) in [6.45, 7) is 10.3. The molecule has 3 amide bonds. The first kappa shape index (κ1) is 19.2. The summed E-state index contributed by atoms with van der Waals surface area (Å²) in [5.74, 6) is -1.40. The molecular formula is C14H27N3O4. The lowest BCUT2D eigenvalue weighted by Crippen LogP contribution is -2.55. The summed E-state index contributed by atoms with van der Waals surface area (Å²) in [6, 6.07) is -1.51. The number of aliphatic carboxylic acids is 1. The van der Waals surface area contributed by atoms with Crippen molar-refractivity contribution in [1.29, 1.82) is 0 Å². The van der Waals surface area contributed by atoms with E-state index in [0.29, 0.717) is 6.42 Å². The van der Waals surface area contributed by atoms with E-state index in [9.17, 15) is 14.4 Å². The van der Waals surface area contributed by atoms with Crippen molar-refractivity contribution in [2.45, 2.75) is 65.6 Å². The number of carboxylic acids is 1. The fourth-order valence-electron chi connectivity index (χ4n) is 1.61. The van der Waals surface area contributed by atoms with E-state index in [1.807, 2.05) is 27.7 Å². The van der Waals surface area contributed by atoms with E-state index in [2.05, 4.69) is 10.6 Å². The van der Waals surface area contributed by atoms with Gasteiger partial charge in [0.25, 0.3) is 0 Å². The highest BCUT2D eigenvalue weighted by Crippen LogP contribution is 2.05. The number of nitrogens with zero attached hydrogens (tertiary/aromatic N) is 1. The van der Waals surface area contributed by atoms with E-state index in [1.54, 1.807) is 13.8 Å². The van der Waals surface area contributed by atoms with Gasteiger partial charge in [-0.25, -0.2) is 4.79 Å². The van der Waals surface area contributed by atoms with Gasteiger partial charge in [-0.2, -0.15) is 0 Å². The van der Waals surface area contributed by atoms with Crippen molar-refractivity contribution in [1.82, 2.24) is 15.5 Å². The van der Waals surface area contributed by atoms with Crippen LogP contribution in [0.2, 0.25) is 0 Å². The molecule has 0 saturated heterocycles. The third-order valence-corrected chi connectivity index (χ3v) is 2.92. The van der Waals surface area contributed by atoms with Crippen LogP contribution in [0.15, 0.2) is 0 Å². The molecule has 0 heterocycles. The molecule has 7 nitrogen and oxygen atoms in total. The van der Waals surface area contributed by atoms with Crippen LogP contribution in [0.3, 0.4) is 0 Å². The van der Waals surface area contributed by atoms with Crippen LogP contribution >= 0.6 is 0 Å². The minimum atomic E-state index is -1.09. The minimum Gasteiger partial charge on any atom is -0.480 e. The molecule has 2 unspecified atom stereocenters. The average molecular weight is 301 g/mol. The van der Waals surface area contributed by atoms with Crippen molar-refractivity contribution in [3.05, 3.63) is 0 Å². The first-order chi connectivity index (χ1) is 9.47. The van der Waals surface area contributed by atoms with Gasteiger partial charge in [-0.3, -0.25) is 9.59 Å². The fraction of sp³-hybridized carbons (Fsp3) is 0.786. The number of hydrogen-bond donors (Lipinski definition) is 3. The Bertz CT molecular complexity index is 390. The van der Waals surface area contributed by atoms with Gasteiger partial charge >= 0.3 is 12.0 Å². The molecule has 2 atom stereocenters. The SMILES string of the molecule is CCC(C)N(CC(=O)O)C(=O)NC(C)C(=O)NC(C)(C)C. The normalized spacial score (nSPS) is 14.0. The number of amides is 3. The molecule has 0 aromatic heterocycles. The molecule has 0 aromatic carbocycles. The van der Waals surface area contributed by atoms with Gasteiger partial charge in [0.1, 0.15) is 12.6 Å². The molecule has 3 N–H and O–H groups in total. The zero-order valence-electron chi connectivity index (χ0n) is 13.7. The van der Waals surface area contributed by atoms with E-state index in [-0.39, 0.29) is 11.9 Å². The van der Waals surface area contributed by atoms with Gasteiger partial charge in [-0.1, -0.05) is 6.92 Å². The second kappa shape index (κ2) is 7.85. The van der Waals surface area contributed by atoms with Crippen LogP contribution in [0.25, 0.3) is 0 Å². The number of carboxylic acid groups (broad SMARTS) is 1. The molecule has 0 aromatic rings. The van der Waals surface area contributed by atoms with Gasteiger partial charge in [-0.15, -0.1) is 0 Å². The average Bonchev–Trinajstić information content (AvgIpc) is 2.32. The van der Waals surface area contributed by atoms with Crippen LogP contribution in [-0.2, 0) is 9.59 Å². The Morgan fingerprint density at radius 2 is 1.71 bits per heavy atom. The summed E-state index contributed by atoms with van der Waals surface area (Å²) in [7, 11) is 0. The van der Waals surface area contributed by atoms with Crippen molar-refractivity contribution < 1.29 is 19.5 Å². The molecule has 0 aliphatic rings. The zero-order valence-corrected chi connectivity index (χ0v) is 13.7. The Kier molecular flexibility index (Phi) is 7.18. The molecule has 0 aliphatic carbocycles. The van der Waals surface area contributed by atoms with Gasteiger partial charge in [0, 0.05) is 11.6 Å². The lowest BCUT2D eigenvalue weighted by atomic mass is 10.1. The molecule has 21 heavy (non-hydrogen) atoms. The molecule has 0 aliphatic heterocycles. The lowest BCUT2D eigenvalue weighted by Gasteiger charge is -2.29. The maximum atomic E-state index is 12.1. The van der Waals surface area contributed by atoms with E-state index in [0.717, 1.165) is 0 Å². The van der Waals surface area contributed by atoms with Crippen LogP contribution in [0.5, 0.6) is 0 Å². The first-order valence-electron chi connectivity index (χ1n) is 7.08. The summed E-state index contributed by atoms with van der Waals surface area (Å²) in [5, 5.41) is 14.2. The van der Waals surface area contributed by atoms with Crippen molar-refractivity contribution in [2.24, 2.45) is 0 Å². The van der Waals surface area contributed by atoms with E-state index in [4.69, 9.17) is 5.11 Å². The third-order valence-electron chi connectivity index (χ3n) is 2.92. The summed E-state index contributed by atoms with van der Waals surface area (Å²) in [6.07, 6.45) is 0.628. The Morgan fingerprint density at radius 1 is 1.19 bits per heavy atom. The second-order valence-electron chi connectivity index (χ2n) is 6.19. The molecular weight excluding hydrogens is 274 g/mol. The Balaban J connectivity index is 4.74. The maximum absolute atomic E-state index is 12.1. The standard InChI is InChI=1S/C14H27N3O4/c1-7-9(2)17(8-11(18)19)13(21)15-10(3)12(20)16-14(4,5)6/h9-10H,7-8H2,1-6H3,(H,15,21)(H,16,20)(H,18,19). The predicted molar refractivity (Wildman–Crippen MR) is 80.0 cm³/mol. The van der Waals surface area contributed by atoms with E-state index in [1.165, 1.54) is 4.90 Å². The molecule has 122 valence electrons. The summed E-state index contributed by atoms with van der Waals surface area (Å²) in [5.41, 5.74) is -0.395. The van der Waals surface area contributed by atoms with Gasteiger partial charge < -0.3 is 20.6 Å². The third kappa shape index (κ3) is 7.53. The van der Waals surface area contributed by atoms with Gasteiger partial charge in [0.2, 0.25) is 5.91 Å². The van der Waals surface area contributed by atoms with Crippen molar-refractivity contribution in [3.8, 4) is 0 Å². The minimum absolute atomic E-state index is 0.223. The summed E-state index contributed by atoms with van der Waals surface area (Å²) in [4.78, 5) is 36.1. The number of nitrogens with one attached hydrogen (secondary N) is 2. The molecule has 7 heteroatoms. The highest BCUT2D eigenvalue weighted by atomic mass is 16.4. The second-order valence-corrected chi connectivity index (χ2v) is 6.19. The molecule has 0 bridgehead atoms. The number of carbonyl (C=O) groups is 3. The van der Waals surface area contributed by atoms with E-state index < -0.39 is 30.1 Å². The largest absolute Gasteiger partial charge is 0.480 e. The van der Waals surface area contributed by atoms with Crippen molar-refractivity contribution in [3.63, 3.8) is 0 Å². The molecule has 0 rings (SSSR count). The first-order valence-corrected chi connectivity index (χ1v) is 7.08. The van der Waals surface area contributed by atoms with Crippen LogP contribution < -0.4 is 10.6 Å². The monoisotopic (exact) mass is 301 g/mol. The Hall–Kier alpha value is -1.79. The highest BCUT2D eigenvalue weighted by molar-refractivity contribution is 5.88. The van der Waals surface area contributed by atoms with Gasteiger partial charge in [0.05, 0.1) is 0 Å². The smallest absolute Gasteiger partial charge is 0.323 e. The zero-order chi connectivity index (χ0) is 16.8. The number of rotatable bonds is 6. The van der Waals surface area contributed by atoms with E-state index >= 15 is 0 Å². The Morgan fingerprint density at radius 3 is 2.10 bits per heavy atom. The van der Waals surface area contributed by atoms with Crippen LogP contribution in [0, 0.1) is 0 Å². The quantitative estimate of drug-likeness (QED) is 0.686. The number of urea groups is 1. The Labute approximate surface area is 126 Å². The van der Waals surface area contributed by atoms with Crippen molar-refractivity contribution >= 4 is 17.9 Å². The summed E-state index contributed by atoms with van der Waals surface area (Å²) < 4.78 is 0. The van der Waals surface area contributed by atoms with Gasteiger partial charge in [-0.05, 0) is 41.0 Å². The van der Waals surface area contributed by atoms with Crippen LogP contribution in [0.1, 0.15) is 48.0 Å². The number of hydrogen-bond acceptors (Lipinski definition) is 3. The fourth-order valence-corrected chi connectivity index (χ4v) is 1.61. The highest BCUT2D eigenvalue weighted by Gasteiger charge is 2.26. The summed E-state index contributed by atoms with van der Waals surface area (Å²) >= 11 is 0. The molecule has 0 spiro atoms. The van der Waals surface area contributed by atoms with Crippen LogP contribution in [0.4, 0.5) is 4.79 Å². The maximum Gasteiger partial charge on any atom is 0.323 e. The van der Waals surface area contributed by atoms with Crippen molar-refractivity contribution in [2.75, 3.05) is 6.54 Å². The predicted octanol–water partition coefficient (Wildman–Crippen LogP) is 1.18. The molecule has 0 fully saturated rings. The van der Waals surface area contributed by atoms with Crippen LogP contribution in [-0.4, -0.2) is 52.1 Å². The lowest BCUT2D eigenvalue weighted by molar-refractivity contribution is -0.138.